The van der Waals surface area contributed by atoms with Gasteiger partial charge in [-0.3, -0.25) is 4.90 Å². The number of benzene rings is 2. The van der Waals surface area contributed by atoms with E-state index >= 15 is 0 Å². The van der Waals surface area contributed by atoms with Gasteiger partial charge >= 0.3 is 0 Å². The molecule has 0 spiro atoms. The maximum Gasteiger partial charge on any atom is 0.259 e. The molecule has 1 aromatic heterocycles. The first-order chi connectivity index (χ1) is 16.7. The van der Waals surface area contributed by atoms with Crippen LogP contribution in [0, 0.1) is 5.41 Å². The van der Waals surface area contributed by atoms with Crippen molar-refractivity contribution in [3.8, 4) is 5.75 Å². The summed E-state index contributed by atoms with van der Waals surface area (Å²) in [7, 11) is -1.90. The van der Waals surface area contributed by atoms with Crippen LogP contribution in [0.25, 0.3) is 0 Å². The molecule has 1 saturated heterocycles. The van der Waals surface area contributed by atoms with E-state index in [1.807, 2.05) is 6.07 Å². The fourth-order valence-corrected chi connectivity index (χ4v) is 6.49. The number of ether oxygens (including phenoxy) is 1. The van der Waals surface area contributed by atoms with Gasteiger partial charge < -0.3 is 9.30 Å². The average Bonchev–Trinajstić information content (AvgIpc) is 3.40. The fraction of sp³-hybridized carbons (Fsp3) is 0.444. The lowest BCUT2D eigenvalue weighted by Gasteiger charge is -2.50. The van der Waals surface area contributed by atoms with Crippen molar-refractivity contribution in [1.82, 2.24) is 19.2 Å². The van der Waals surface area contributed by atoms with Crippen molar-refractivity contribution in [2.75, 3.05) is 26.2 Å². The number of nitrogens with one attached hydrogen (secondary N) is 1. The molecule has 8 heteroatoms. The molecule has 0 radical (unpaired) electrons. The normalized spacial score (nSPS) is 21.5. The van der Waals surface area contributed by atoms with Crippen LogP contribution in [0.2, 0.25) is 0 Å². The number of likely N-dealkylation sites (tertiary alicyclic amines) is 1. The maximum atomic E-state index is 12.4. The zero-order chi connectivity index (χ0) is 24.6. The zero-order valence-corrected chi connectivity index (χ0v) is 21.5. The van der Waals surface area contributed by atoms with E-state index in [4.69, 9.17) is 4.74 Å². The number of nitrogens with zero attached hydrogens (tertiary/aromatic N) is 3. The molecule has 7 nitrogen and oxygen atoms in total. The van der Waals surface area contributed by atoms with Gasteiger partial charge in [0.15, 0.2) is 5.03 Å². The van der Waals surface area contributed by atoms with Crippen LogP contribution in [0.3, 0.4) is 0 Å². The number of fused-ring (bicyclic) bond motifs is 1. The van der Waals surface area contributed by atoms with E-state index < -0.39 is 10.0 Å². The lowest BCUT2D eigenvalue weighted by atomic mass is 9.80. The summed E-state index contributed by atoms with van der Waals surface area (Å²) >= 11 is 0. The van der Waals surface area contributed by atoms with Gasteiger partial charge in [-0.2, -0.15) is 0 Å². The average molecular weight is 495 g/mol. The second-order valence-corrected chi connectivity index (χ2v) is 12.3. The Morgan fingerprint density at radius 3 is 2.60 bits per heavy atom. The number of sulfonamides is 1. The van der Waals surface area contributed by atoms with Crippen LogP contribution < -0.4 is 9.46 Å². The number of hydrogen-bond acceptors (Lipinski definition) is 5. The van der Waals surface area contributed by atoms with Crippen molar-refractivity contribution in [1.29, 1.82) is 0 Å². The summed E-state index contributed by atoms with van der Waals surface area (Å²) < 4.78 is 34.9. The summed E-state index contributed by atoms with van der Waals surface area (Å²) in [5.41, 5.74) is 4.49. The molecule has 0 bridgehead atoms. The molecular formula is C27H34N4O3S. The largest absolute Gasteiger partial charge is 0.492 e. The molecule has 1 aliphatic carbocycles. The fourth-order valence-electron chi connectivity index (χ4n) is 5.50. The van der Waals surface area contributed by atoms with E-state index in [0.717, 1.165) is 31.7 Å². The van der Waals surface area contributed by atoms with E-state index in [1.165, 1.54) is 29.2 Å². The molecule has 2 unspecified atom stereocenters. The number of imidazole rings is 1. The first kappa shape index (κ1) is 24.0. The van der Waals surface area contributed by atoms with Crippen LogP contribution in [0.1, 0.15) is 36.5 Å². The Morgan fingerprint density at radius 1 is 1.14 bits per heavy atom. The van der Waals surface area contributed by atoms with Crippen molar-refractivity contribution in [2.24, 2.45) is 12.5 Å². The SMILES string of the molecule is Cn1cnc(S(=O)(=O)NCCOc2ccc3c(c2)C(Cc2ccccc2)C(N2CC(C)(C)C2)C3)c1. The summed E-state index contributed by atoms with van der Waals surface area (Å²) in [4.78, 5) is 6.56. The van der Waals surface area contributed by atoms with Crippen molar-refractivity contribution in [3.63, 3.8) is 0 Å². The second kappa shape index (κ2) is 9.41. The Morgan fingerprint density at radius 2 is 1.91 bits per heavy atom. The topological polar surface area (TPSA) is 76.5 Å². The molecule has 3 aromatic rings. The molecule has 1 N–H and O–H groups in total. The molecule has 0 saturated carbocycles. The predicted molar refractivity (Wildman–Crippen MR) is 136 cm³/mol. The predicted octanol–water partition coefficient (Wildman–Crippen LogP) is 3.37. The van der Waals surface area contributed by atoms with Crippen LogP contribution in [0.4, 0.5) is 0 Å². The Labute approximate surface area is 208 Å². The molecule has 5 rings (SSSR count). The van der Waals surface area contributed by atoms with Gasteiger partial charge in [0, 0.05) is 44.8 Å². The standard InChI is InChI=1S/C27H34N4O3S/c1-27(2)17-31(18-27)25-14-21-9-10-22(15-23(21)24(25)13-20-7-5-4-6-8-20)34-12-11-29-35(32,33)26-16-30(3)19-28-26/h4-10,15-16,19,24-25,29H,11-14,17-18H2,1-3H3. The van der Waals surface area contributed by atoms with Gasteiger partial charge in [-0.25, -0.2) is 18.1 Å². The molecule has 1 fully saturated rings. The Hall–Kier alpha value is -2.68. The molecule has 0 amide bonds. The van der Waals surface area contributed by atoms with Gasteiger partial charge in [-0.05, 0) is 47.1 Å². The smallest absolute Gasteiger partial charge is 0.259 e. The first-order valence-corrected chi connectivity index (χ1v) is 13.7. The molecule has 2 heterocycles. The van der Waals surface area contributed by atoms with Crippen LogP contribution in [-0.4, -0.2) is 55.2 Å². The second-order valence-electron chi connectivity index (χ2n) is 10.6. The van der Waals surface area contributed by atoms with Crippen molar-refractivity contribution >= 4 is 10.0 Å². The summed E-state index contributed by atoms with van der Waals surface area (Å²) in [6.07, 6.45) is 5.01. The van der Waals surface area contributed by atoms with Gasteiger partial charge in [0.2, 0.25) is 0 Å². The highest BCUT2D eigenvalue weighted by molar-refractivity contribution is 7.89. The Kier molecular flexibility index (Phi) is 6.46. The van der Waals surface area contributed by atoms with Crippen LogP contribution in [0.15, 0.2) is 66.1 Å². The quantitative estimate of drug-likeness (QED) is 0.462. The van der Waals surface area contributed by atoms with Gasteiger partial charge in [0.05, 0.1) is 6.33 Å². The first-order valence-electron chi connectivity index (χ1n) is 12.2. The van der Waals surface area contributed by atoms with Gasteiger partial charge in [0.25, 0.3) is 10.0 Å². The molecule has 186 valence electrons. The minimum Gasteiger partial charge on any atom is -0.492 e. The highest BCUT2D eigenvalue weighted by Gasteiger charge is 2.44. The minimum atomic E-state index is -3.64. The highest BCUT2D eigenvalue weighted by atomic mass is 32.2. The van der Waals surface area contributed by atoms with E-state index in [-0.39, 0.29) is 18.2 Å². The number of rotatable bonds is 9. The van der Waals surface area contributed by atoms with Crippen LogP contribution in [-0.2, 0) is 29.9 Å². The third kappa shape index (κ3) is 5.29. The lowest BCUT2D eigenvalue weighted by Crippen LogP contribution is -2.58. The Bertz CT molecular complexity index is 1280. The summed E-state index contributed by atoms with van der Waals surface area (Å²) in [6.45, 7) is 7.37. The summed E-state index contributed by atoms with van der Waals surface area (Å²) in [5.74, 6) is 1.19. The molecular weight excluding hydrogens is 460 g/mol. The van der Waals surface area contributed by atoms with Crippen molar-refractivity contribution < 1.29 is 13.2 Å². The van der Waals surface area contributed by atoms with E-state index in [9.17, 15) is 8.42 Å². The van der Waals surface area contributed by atoms with Gasteiger partial charge in [0.1, 0.15) is 12.4 Å². The zero-order valence-electron chi connectivity index (χ0n) is 20.6. The monoisotopic (exact) mass is 494 g/mol. The van der Waals surface area contributed by atoms with Crippen molar-refractivity contribution in [3.05, 3.63) is 77.7 Å². The Balaban J connectivity index is 1.26. The third-order valence-corrected chi connectivity index (χ3v) is 8.41. The van der Waals surface area contributed by atoms with Crippen LogP contribution in [0.5, 0.6) is 5.75 Å². The van der Waals surface area contributed by atoms with Gasteiger partial charge in [-0.15, -0.1) is 0 Å². The molecule has 2 atom stereocenters. The summed E-state index contributed by atoms with van der Waals surface area (Å²) in [6, 6.07) is 17.6. The van der Waals surface area contributed by atoms with Crippen LogP contribution >= 0.6 is 0 Å². The third-order valence-electron chi connectivity index (χ3n) is 7.06. The van der Waals surface area contributed by atoms with E-state index in [0.29, 0.717) is 17.4 Å². The molecule has 1 aliphatic heterocycles. The number of hydrogen-bond donors (Lipinski definition) is 1. The van der Waals surface area contributed by atoms with Gasteiger partial charge in [-0.1, -0.05) is 50.2 Å². The molecule has 2 aromatic carbocycles. The lowest BCUT2D eigenvalue weighted by molar-refractivity contribution is -0.0111. The molecule has 2 aliphatic rings. The summed E-state index contributed by atoms with van der Waals surface area (Å²) in [5, 5.41) is 0.0153. The minimum absolute atomic E-state index is 0.0153. The number of aromatic nitrogens is 2. The number of aryl methyl sites for hydroxylation is 1. The maximum absolute atomic E-state index is 12.4. The van der Waals surface area contributed by atoms with E-state index in [2.05, 4.69) is 70.9 Å². The molecule has 35 heavy (non-hydrogen) atoms. The van der Waals surface area contributed by atoms with Crippen molar-refractivity contribution in [2.45, 2.75) is 43.7 Å². The van der Waals surface area contributed by atoms with E-state index in [1.54, 1.807) is 11.6 Å². The highest BCUT2D eigenvalue weighted by Crippen LogP contribution is 2.44.